The van der Waals surface area contributed by atoms with Gasteiger partial charge in [0.2, 0.25) is 0 Å². The van der Waals surface area contributed by atoms with Crippen LogP contribution in [0.5, 0.6) is 5.75 Å². The zero-order chi connectivity index (χ0) is 14.0. The number of ether oxygens (including phenoxy) is 1. The molecule has 0 N–H and O–H groups in total. The lowest BCUT2D eigenvalue weighted by Crippen LogP contribution is -2.31. The fourth-order valence-electron chi connectivity index (χ4n) is 1.76. The van der Waals surface area contributed by atoms with Gasteiger partial charge in [-0.3, -0.25) is 4.98 Å². The minimum Gasteiger partial charge on any atom is -0.549 e. The Morgan fingerprint density at radius 3 is 2.79 bits per heavy atom. The Hall–Kier alpha value is -1.75. The molecule has 0 bridgehead atoms. The Bertz CT molecular complexity index is 627. The molecule has 0 aliphatic carbocycles. The second kappa shape index (κ2) is 5.48. The van der Waals surface area contributed by atoms with Crippen LogP contribution < -0.4 is 9.84 Å². The molecule has 0 spiro atoms. The van der Waals surface area contributed by atoms with Crippen molar-refractivity contribution in [3.63, 3.8) is 0 Å². The Morgan fingerprint density at radius 1 is 1.42 bits per heavy atom. The van der Waals surface area contributed by atoms with Crippen molar-refractivity contribution < 1.29 is 14.6 Å². The summed E-state index contributed by atoms with van der Waals surface area (Å²) in [6, 6.07) is 7.46. The summed E-state index contributed by atoms with van der Waals surface area (Å²) in [6.07, 6.45) is 0. The largest absolute Gasteiger partial charge is 0.549 e. The SMILES string of the molecule is COc1ccc2nc(C)cc(SC(C)C(=O)[O-])c2c1. The molecule has 100 valence electrons. The predicted molar refractivity (Wildman–Crippen MR) is 73.4 cm³/mol. The minimum atomic E-state index is -1.07. The summed E-state index contributed by atoms with van der Waals surface area (Å²) < 4.78 is 5.19. The first-order chi connectivity index (χ1) is 9.01. The molecule has 1 aromatic carbocycles. The van der Waals surface area contributed by atoms with E-state index < -0.39 is 11.2 Å². The first-order valence-electron chi connectivity index (χ1n) is 5.84. The maximum Gasteiger partial charge on any atom is 0.119 e. The molecule has 0 fully saturated rings. The van der Waals surface area contributed by atoms with Gasteiger partial charge in [0, 0.05) is 21.2 Å². The molecule has 2 aromatic rings. The fraction of sp³-hybridized carbons (Fsp3) is 0.286. The molecular weight excluding hydrogens is 262 g/mol. The molecule has 2 rings (SSSR count). The number of carboxylic acids is 1. The second-order valence-electron chi connectivity index (χ2n) is 4.22. The van der Waals surface area contributed by atoms with Gasteiger partial charge in [0.15, 0.2) is 0 Å². The molecule has 4 nitrogen and oxygen atoms in total. The number of hydrogen-bond donors (Lipinski definition) is 0. The Morgan fingerprint density at radius 2 is 2.16 bits per heavy atom. The van der Waals surface area contributed by atoms with Gasteiger partial charge in [-0.1, -0.05) is 0 Å². The number of hydrogen-bond acceptors (Lipinski definition) is 5. The molecule has 0 saturated carbocycles. The van der Waals surface area contributed by atoms with Crippen LogP contribution in [-0.2, 0) is 4.79 Å². The van der Waals surface area contributed by atoms with E-state index >= 15 is 0 Å². The van der Waals surface area contributed by atoms with E-state index in [0.29, 0.717) is 0 Å². The van der Waals surface area contributed by atoms with Crippen molar-refractivity contribution in [1.29, 1.82) is 0 Å². The summed E-state index contributed by atoms with van der Waals surface area (Å²) in [7, 11) is 1.60. The summed E-state index contributed by atoms with van der Waals surface area (Å²) >= 11 is 1.26. The van der Waals surface area contributed by atoms with E-state index in [9.17, 15) is 9.90 Å². The first kappa shape index (κ1) is 13.7. The molecule has 0 aliphatic rings. The molecule has 1 heterocycles. The highest BCUT2D eigenvalue weighted by Gasteiger charge is 2.11. The summed E-state index contributed by atoms with van der Waals surface area (Å²) in [5.41, 5.74) is 1.68. The van der Waals surface area contributed by atoms with E-state index in [2.05, 4.69) is 4.98 Å². The number of aliphatic carboxylic acids is 1. The Kier molecular flexibility index (Phi) is 3.95. The lowest BCUT2D eigenvalue weighted by Gasteiger charge is -2.14. The fourth-order valence-corrected chi connectivity index (χ4v) is 2.77. The number of carbonyl (C=O) groups excluding carboxylic acids is 1. The van der Waals surface area contributed by atoms with Gasteiger partial charge in [-0.25, -0.2) is 0 Å². The number of nitrogens with zero attached hydrogens (tertiary/aromatic N) is 1. The van der Waals surface area contributed by atoms with Crippen LogP contribution in [0.15, 0.2) is 29.2 Å². The van der Waals surface area contributed by atoms with E-state index in [1.165, 1.54) is 11.8 Å². The van der Waals surface area contributed by atoms with Gasteiger partial charge in [0.1, 0.15) is 5.75 Å². The van der Waals surface area contributed by atoms with Crippen molar-refractivity contribution in [2.75, 3.05) is 7.11 Å². The van der Waals surface area contributed by atoms with Crippen molar-refractivity contribution in [3.05, 3.63) is 30.0 Å². The third-order valence-electron chi connectivity index (χ3n) is 2.74. The van der Waals surface area contributed by atoms with Crippen LogP contribution in [0.4, 0.5) is 0 Å². The van der Waals surface area contributed by atoms with E-state index in [1.807, 2.05) is 31.2 Å². The molecule has 0 radical (unpaired) electrons. The summed E-state index contributed by atoms with van der Waals surface area (Å²) in [5, 5.41) is 11.2. The van der Waals surface area contributed by atoms with Crippen LogP contribution in [0.3, 0.4) is 0 Å². The Labute approximate surface area is 115 Å². The van der Waals surface area contributed by atoms with Crippen LogP contribution in [-0.4, -0.2) is 23.3 Å². The topological polar surface area (TPSA) is 62.2 Å². The molecule has 1 atom stereocenters. The van der Waals surface area contributed by atoms with Gasteiger partial charge < -0.3 is 14.6 Å². The van der Waals surface area contributed by atoms with Crippen LogP contribution >= 0.6 is 11.8 Å². The van der Waals surface area contributed by atoms with Crippen molar-refractivity contribution in [2.24, 2.45) is 0 Å². The van der Waals surface area contributed by atoms with E-state index in [0.717, 1.165) is 27.2 Å². The maximum absolute atomic E-state index is 10.9. The van der Waals surface area contributed by atoms with Gasteiger partial charge in [-0.15, -0.1) is 11.8 Å². The molecule has 1 unspecified atom stereocenters. The van der Waals surface area contributed by atoms with Crippen LogP contribution in [0.2, 0.25) is 0 Å². The minimum absolute atomic E-state index is 0.615. The number of benzene rings is 1. The van der Waals surface area contributed by atoms with E-state index in [1.54, 1.807) is 14.0 Å². The van der Waals surface area contributed by atoms with Crippen molar-refractivity contribution in [1.82, 2.24) is 4.98 Å². The molecule has 0 saturated heterocycles. The summed E-state index contributed by atoms with van der Waals surface area (Å²) in [5.74, 6) is -0.350. The van der Waals surface area contributed by atoms with Gasteiger partial charge in [-0.2, -0.15) is 0 Å². The number of rotatable bonds is 4. The number of aromatic nitrogens is 1. The quantitative estimate of drug-likeness (QED) is 0.797. The van der Waals surface area contributed by atoms with Crippen molar-refractivity contribution in [2.45, 2.75) is 24.0 Å². The lowest BCUT2D eigenvalue weighted by atomic mass is 10.2. The number of aryl methyl sites for hydroxylation is 1. The lowest BCUT2D eigenvalue weighted by molar-refractivity contribution is -0.304. The number of carboxylic acid groups (broad SMARTS) is 1. The highest BCUT2D eigenvalue weighted by molar-refractivity contribution is 8.00. The zero-order valence-electron chi connectivity index (χ0n) is 11.0. The normalized spacial score (nSPS) is 12.4. The van der Waals surface area contributed by atoms with Gasteiger partial charge in [0.05, 0.1) is 18.6 Å². The van der Waals surface area contributed by atoms with Gasteiger partial charge >= 0.3 is 0 Å². The Balaban J connectivity index is 2.53. The van der Waals surface area contributed by atoms with Crippen molar-refractivity contribution in [3.8, 4) is 5.75 Å². The van der Waals surface area contributed by atoms with Crippen LogP contribution in [0.1, 0.15) is 12.6 Å². The predicted octanol–water partition coefficient (Wildman–Crippen LogP) is 1.78. The monoisotopic (exact) mass is 276 g/mol. The number of carbonyl (C=O) groups is 1. The number of thioether (sulfide) groups is 1. The average Bonchev–Trinajstić information content (AvgIpc) is 2.38. The third kappa shape index (κ3) is 2.98. The second-order valence-corrected chi connectivity index (χ2v) is 5.61. The first-order valence-corrected chi connectivity index (χ1v) is 6.72. The number of methoxy groups -OCH3 is 1. The third-order valence-corrected chi connectivity index (χ3v) is 3.88. The highest BCUT2D eigenvalue weighted by Crippen LogP contribution is 2.32. The molecule has 1 aromatic heterocycles. The molecule has 0 amide bonds. The van der Waals surface area contributed by atoms with Gasteiger partial charge in [-0.05, 0) is 38.1 Å². The van der Waals surface area contributed by atoms with Gasteiger partial charge in [0.25, 0.3) is 0 Å². The van der Waals surface area contributed by atoms with Crippen molar-refractivity contribution >= 4 is 28.6 Å². The molecule has 0 aliphatic heterocycles. The number of pyridine rings is 1. The van der Waals surface area contributed by atoms with Crippen LogP contribution in [0.25, 0.3) is 10.9 Å². The smallest absolute Gasteiger partial charge is 0.119 e. The summed E-state index contributed by atoms with van der Waals surface area (Å²) in [6.45, 7) is 3.50. The van der Waals surface area contributed by atoms with E-state index in [4.69, 9.17) is 4.74 Å². The molecule has 19 heavy (non-hydrogen) atoms. The number of fused-ring (bicyclic) bond motifs is 1. The van der Waals surface area contributed by atoms with Crippen LogP contribution in [0, 0.1) is 6.92 Å². The average molecular weight is 276 g/mol. The standard InChI is InChI=1S/C14H15NO3S/c1-8-6-13(19-9(2)14(16)17)11-7-10(18-3)4-5-12(11)15-8/h4-7,9H,1-3H3,(H,16,17)/p-1. The molecule has 5 heteroatoms. The highest BCUT2D eigenvalue weighted by atomic mass is 32.2. The van der Waals surface area contributed by atoms with E-state index in [-0.39, 0.29) is 0 Å². The summed E-state index contributed by atoms with van der Waals surface area (Å²) in [4.78, 5) is 16.2. The zero-order valence-corrected chi connectivity index (χ0v) is 11.8. The molecular formula is C14H14NO3S-. The maximum atomic E-state index is 10.9.